The van der Waals surface area contributed by atoms with Gasteiger partial charge in [-0.1, -0.05) is 18.2 Å². The van der Waals surface area contributed by atoms with Gasteiger partial charge in [0.15, 0.2) is 0 Å². The molecule has 0 aromatic heterocycles. The Morgan fingerprint density at radius 2 is 1.94 bits per heavy atom. The molecule has 1 rings (SSSR count). The molecule has 0 atom stereocenters. The second kappa shape index (κ2) is 4.79. The maximum atomic E-state index is 11.9. The van der Waals surface area contributed by atoms with Crippen molar-refractivity contribution in [2.75, 3.05) is 0 Å². The van der Waals surface area contributed by atoms with E-state index in [1.54, 1.807) is 18.2 Å². The van der Waals surface area contributed by atoms with Crippen molar-refractivity contribution in [3.8, 4) is 6.07 Å². The molecule has 0 fully saturated rings. The van der Waals surface area contributed by atoms with E-state index in [1.807, 2.05) is 6.07 Å². The third kappa shape index (κ3) is 3.09. The summed E-state index contributed by atoms with van der Waals surface area (Å²) in [6.07, 6.45) is -5.48. The van der Waals surface area contributed by atoms with Gasteiger partial charge in [-0.25, -0.2) is 0 Å². The number of hydrogen-bond acceptors (Lipinski definition) is 2. The minimum Gasteiger partial charge on any atom is -0.290 e. The Hall–Kier alpha value is -1.83. The highest BCUT2D eigenvalue weighted by Gasteiger charge is 2.37. The first-order valence-electron chi connectivity index (χ1n) is 4.53. The minimum atomic E-state index is -4.79. The molecule has 2 nitrogen and oxygen atoms in total. The molecule has 0 N–H and O–H groups in total. The van der Waals surface area contributed by atoms with Gasteiger partial charge in [0, 0.05) is 6.42 Å². The summed E-state index contributed by atoms with van der Waals surface area (Å²) in [6.45, 7) is 0. The normalized spacial score (nSPS) is 10.9. The molecular weight excluding hydrogens is 219 g/mol. The Labute approximate surface area is 90.3 Å². The molecule has 0 unspecified atom stereocenters. The molecule has 0 saturated carbocycles. The standard InChI is InChI=1S/C11H8F3NO/c12-11(13,14)10(16)6-5-8-3-1-2-4-9(8)7-15/h1-4H,5-6H2. The SMILES string of the molecule is N#Cc1ccccc1CCC(=O)C(F)(F)F. The number of nitriles is 1. The fraction of sp³-hybridized carbons (Fsp3) is 0.273. The van der Waals surface area contributed by atoms with E-state index in [1.165, 1.54) is 6.07 Å². The Balaban J connectivity index is 2.70. The first kappa shape index (κ1) is 12.2. The Bertz CT molecular complexity index is 432. The molecule has 0 radical (unpaired) electrons. The van der Waals surface area contributed by atoms with Crippen LogP contribution in [0.25, 0.3) is 0 Å². The number of carbonyl (C=O) groups is 1. The molecule has 0 saturated heterocycles. The second-order valence-corrected chi connectivity index (χ2v) is 3.19. The van der Waals surface area contributed by atoms with Crippen molar-refractivity contribution >= 4 is 5.78 Å². The average Bonchev–Trinajstić information content (AvgIpc) is 2.24. The van der Waals surface area contributed by atoms with E-state index in [4.69, 9.17) is 5.26 Å². The molecule has 16 heavy (non-hydrogen) atoms. The lowest BCUT2D eigenvalue weighted by Crippen LogP contribution is -2.22. The van der Waals surface area contributed by atoms with Crippen LogP contribution in [0.4, 0.5) is 13.2 Å². The van der Waals surface area contributed by atoms with Crippen LogP contribution >= 0.6 is 0 Å². The van der Waals surface area contributed by atoms with E-state index >= 15 is 0 Å². The van der Waals surface area contributed by atoms with Gasteiger partial charge in [-0.3, -0.25) is 4.79 Å². The van der Waals surface area contributed by atoms with Crippen molar-refractivity contribution in [3.05, 3.63) is 35.4 Å². The fourth-order valence-corrected chi connectivity index (χ4v) is 1.24. The number of alkyl halides is 3. The van der Waals surface area contributed by atoms with Crippen molar-refractivity contribution in [1.29, 1.82) is 5.26 Å². The van der Waals surface area contributed by atoms with Crippen molar-refractivity contribution in [2.45, 2.75) is 19.0 Å². The molecule has 84 valence electrons. The second-order valence-electron chi connectivity index (χ2n) is 3.19. The Morgan fingerprint density at radius 1 is 1.31 bits per heavy atom. The number of benzene rings is 1. The van der Waals surface area contributed by atoms with Crippen molar-refractivity contribution in [1.82, 2.24) is 0 Å². The van der Waals surface area contributed by atoms with Crippen LogP contribution in [0, 0.1) is 11.3 Å². The zero-order chi connectivity index (χ0) is 12.2. The van der Waals surface area contributed by atoms with Crippen LogP contribution in [-0.2, 0) is 11.2 Å². The lowest BCUT2D eigenvalue weighted by Gasteiger charge is -2.05. The molecule has 1 aromatic rings. The lowest BCUT2D eigenvalue weighted by atomic mass is 10.0. The van der Waals surface area contributed by atoms with Crippen LogP contribution in [0.2, 0.25) is 0 Å². The smallest absolute Gasteiger partial charge is 0.290 e. The number of nitrogens with zero attached hydrogens (tertiary/aromatic N) is 1. The van der Waals surface area contributed by atoms with E-state index in [2.05, 4.69) is 0 Å². The van der Waals surface area contributed by atoms with E-state index in [-0.39, 0.29) is 6.42 Å². The summed E-state index contributed by atoms with van der Waals surface area (Å²) >= 11 is 0. The zero-order valence-corrected chi connectivity index (χ0v) is 8.21. The van der Waals surface area contributed by atoms with Gasteiger partial charge < -0.3 is 0 Å². The van der Waals surface area contributed by atoms with Gasteiger partial charge in [0.2, 0.25) is 5.78 Å². The number of halogens is 3. The predicted octanol–water partition coefficient (Wildman–Crippen LogP) is 2.62. The van der Waals surface area contributed by atoms with Gasteiger partial charge in [-0.05, 0) is 18.1 Å². The van der Waals surface area contributed by atoms with Crippen LogP contribution < -0.4 is 0 Å². The summed E-state index contributed by atoms with van der Waals surface area (Å²) in [5.41, 5.74) is 0.764. The summed E-state index contributed by atoms with van der Waals surface area (Å²) in [6, 6.07) is 8.15. The van der Waals surface area contributed by atoms with E-state index in [0.717, 1.165) is 0 Å². The minimum absolute atomic E-state index is 0.0674. The molecule has 0 aliphatic carbocycles. The van der Waals surface area contributed by atoms with E-state index in [0.29, 0.717) is 11.1 Å². The van der Waals surface area contributed by atoms with Gasteiger partial charge in [0.1, 0.15) is 0 Å². The third-order valence-electron chi connectivity index (χ3n) is 2.08. The highest BCUT2D eigenvalue weighted by molar-refractivity contribution is 5.84. The van der Waals surface area contributed by atoms with Gasteiger partial charge in [0.25, 0.3) is 0 Å². The summed E-state index contributed by atoms with van der Waals surface area (Å²) in [7, 11) is 0. The highest BCUT2D eigenvalue weighted by Crippen LogP contribution is 2.20. The molecule has 0 heterocycles. The molecular formula is C11H8F3NO. The summed E-state index contributed by atoms with van der Waals surface area (Å²) < 4.78 is 35.8. The number of rotatable bonds is 3. The van der Waals surface area contributed by atoms with Gasteiger partial charge in [0.05, 0.1) is 11.6 Å². The number of aryl methyl sites for hydroxylation is 1. The summed E-state index contributed by atoms with van der Waals surface area (Å²) in [5, 5.41) is 8.69. The lowest BCUT2D eigenvalue weighted by molar-refractivity contribution is -0.171. The first-order chi connectivity index (χ1) is 7.45. The number of carbonyl (C=O) groups excluding carboxylic acids is 1. The number of hydrogen-bond donors (Lipinski definition) is 0. The van der Waals surface area contributed by atoms with Crippen LogP contribution in [0.3, 0.4) is 0 Å². The van der Waals surface area contributed by atoms with E-state index in [9.17, 15) is 18.0 Å². The molecule has 0 spiro atoms. The van der Waals surface area contributed by atoms with Gasteiger partial charge in [-0.15, -0.1) is 0 Å². The fourth-order valence-electron chi connectivity index (χ4n) is 1.24. The van der Waals surface area contributed by atoms with Gasteiger partial charge >= 0.3 is 6.18 Å². The zero-order valence-electron chi connectivity index (χ0n) is 8.21. The number of ketones is 1. The van der Waals surface area contributed by atoms with Crippen molar-refractivity contribution < 1.29 is 18.0 Å². The Morgan fingerprint density at radius 3 is 2.50 bits per heavy atom. The maximum Gasteiger partial charge on any atom is 0.449 e. The number of Topliss-reactive ketones (excluding diaryl/α,β-unsaturated/α-hetero) is 1. The molecule has 1 aromatic carbocycles. The first-order valence-corrected chi connectivity index (χ1v) is 4.53. The third-order valence-corrected chi connectivity index (χ3v) is 2.08. The van der Waals surface area contributed by atoms with Crippen molar-refractivity contribution in [3.63, 3.8) is 0 Å². The largest absolute Gasteiger partial charge is 0.449 e. The van der Waals surface area contributed by atoms with Gasteiger partial charge in [-0.2, -0.15) is 18.4 Å². The average molecular weight is 227 g/mol. The molecule has 0 aliphatic rings. The van der Waals surface area contributed by atoms with E-state index < -0.39 is 18.4 Å². The van der Waals surface area contributed by atoms with Crippen LogP contribution in [0.1, 0.15) is 17.5 Å². The summed E-state index contributed by atoms with van der Waals surface area (Å²) in [5.74, 6) is -1.76. The molecule has 0 bridgehead atoms. The Kier molecular flexibility index (Phi) is 3.67. The molecule has 0 amide bonds. The van der Waals surface area contributed by atoms with Crippen molar-refractivity contribution in [2.24, 2.45) is 0 Å². The highest BCUT2D eigenvalue weighted by atomic mass is 19.4. The predicted molar refractivity (Wildman–Crippen MR) is 50.5 cm³/mol. The topological polar surface area (TPSA) is 40.9 Å². The summed E-state index contributed by atoms with van der Waals surface area (Å²) in [4.78, 5) is 10.6. The van der Waals surface area contributed by atoms with Crippen LogP contribution in [0.5, 0.6) is 0 Å². The molecule has 5 heteroatoms. The molecule has 0 aliphatic heterocycles. The monoisotopic (exact) mass is 227 g/mol. The maximum absolute atomic E-state index is 11.9. The van der Waals surface area contributed by atoms with Crippen LogP contribution in [0.15, 0.2) is 24.3 Å². The van der Waals surface area contributed by atoms with Crippen LogP contribution in [-0.4, -0.2) is 12.0 Å². The quantitative estimate of drug-likeness (QED) is 0.796.